The van der Waals surface area contributed by atoms with Crippen LogP contribution in [-0.2, 0) is 0 Å². The molecule has 0 radical (unpaired) electrons. The maximum Gasteiger partial charge on any atom is 0.336 e. The topological polar surface area (TPSA) is 37.3 Å². The van der Waals surface area contributed by atoms with Gasteiger partial charge in [0.05, 0.1) is 5.56 Å². The zero-order valence-corrected chi connectivity index (χ0v) is 10.2. The molecule has 2 rings (SSSR count). The van der Waals surface area contributed by atoms with Crippen molar-refractivity contribution >= 4 is 5.97 Å². The van der Waals surface area contributed by atoms with E-state index in [2.05, 4.69) is 0 Å². The summed E-state index contributed by atoms with van der Waals surface area (Å²) in [6, 6.07) is 9.68. The summed E-state index contributed by atoms with van der Waals surface area (Å²) < 4.78 is 13.4. The number of benzene rings is 2. The summed E-state index contributed by atoms with van der Waals surface area (Å²) >= 11 is 0. The van der Waals surface area contributed by atoms with Gasteiger partial charge in [-0.2, -0.15) is 0 Å². The first-order valence-corrected chi connectivity index (χ1v) is 5.59. The maximum atomic E-state index is 13.4. The fourth-order valence-electron chi connectivity index (χ4n) is 1.98. The molecule has 3 heteroatoms. The van der Waals surface area contributed by atoms with Crippen molar-refractivity contribution in [3.05, 3.63) is 58.9 Å². The van der Waals surface area contributed by atoms with Crippen molar-refractivity contribution in [2.45, 2.75) is 13.8 Å². The monoisotopic (exact) mass is 244 g/mol. The van der Waals surface area contributed by atoms with E-state index in [9.17, 15) is 14.3 Å². The minimum atomic E-state index is -1.00. The Hall–Kier alpha value is -2.16. The molecule has 0 saturated carbocycles. The fourth-order valence-corrected chi connectivity index (χ4v) is 1.98. The lowest BCUT2D eigenvalue weighted by atomic mass is 9.96. The lowest BCUT2D eigenvalue weighted by Crippen LogP contribution is -2.00. The highest BCUT2D eigenvalue weighted by Crippen LogP contribution is 2.26. The van der Waals surface area contributed by atoms with Crippen molar-refractivity contribution in [1.29, 1.82) is 0 Å². The molecule has 0 spiro atoms. The van der Waals surface area contributed by atoms with E-state index < -0.39 is 5.97 Å². The van der Waals surface area contributed by atoms with Gasteiger partial charge in [-0.15, -0.1) is 0 Å². The SMILES string of the molecule is Cc1cc(F)cc(-c2ccc(C)cc2C(=O)O)c1. The summed E-state index contributed by atoms with van der Waals surface area (Å²) in [7, 11) is 0. The summed E-state index contributed by atoms with van der Waals surface area (Å²) in [5.74, 6) is -1.36. The zero-order chi connectivity index (χ0) is 13.3. The summed E-state index contributed by atoms with van der Waals surface area (Å²) in [5, 5.41) is 9.20. The number of carboxylic acids is 1. The third kappa shape index (κ3) is 2.40. The number of aromatic carboxylic acids is 1. The Labute approximate surface area is 105 Å². The molecule has 0 aliphatic rings. The van der Waals surface area contributed by atoms with Gasteiger partial charge < -0.3 is 5.11 Å². The molecule has 0 amide bonds. The van der Waals surface area contributed by atoms with Crippen molar-refractivity contribution in [2.24, 2.45) is 0 Å². The van der Waals surface area contributed by atoms with Gasteiger partial charge in [-0.1, -0.05) is 23.8 Å². The van der Waals surface area contributed by atoms with Crippen molar-refractivity contribution in [1.82, 2.24) is 0 Å². The fraction of sp³-hybridized carbons (Fsp3) is 0.133. The van der Waals surface area contributed by atoms with Crippen LogP contribution < -0.4 is 0 Å². The second-order valence-electron chi connectivity index (χ2n) is 4.37. The summed E-state index contributed by atoms with van der Waals surface area (Å²) in [4.78, 5) is 11.2. The van der Waals surface area contributed by atoms with Crippen LogP contribution in [-0.4, -0.2) is 11.1 Å². The van der Waals surface area contributed by atoms with Crippen LogP contribution >= 0.6 is 0 Å². The quantitative estimate of drug-likeness (QED) is 0.872. The second-order valence-corrected chi connectivity index (χ2v) is 4.37. The molecule has 0 aliphatic heterocycles. The standard InChI is InChI=1S/C15H13FO2/c1-9-3-4-13(14(7-9)15(17)18)11-5-10(2)6-12(16)8-11/h3-8H,1-2H3,(H,17,18). The molecule has 0 atom stereocenters. The lowest BCUT2D eigenvalue weighted by Gasteiger charge is -2.08. The number of halogens is 1. The highest BCUT2D eigenvalue weighted by Gasteiger charge is 2.12. The van der Waals surface area contributed by atoms with Crippen molar-refractivity contribution in [2.75, 3.05) is 0 Å². The van der Waals surface area contributed by atoms with E-state index >= 15 is 0 Å². The Morgan fingerprint density at radius 1 is 1.06 bits per heavy atom. The molecule has 0 fully saturated rings. The highest BCUT2D eigenvalue weighted by atomic mass is 19.1. The van der Waals surface area contributed by atoms with E-state index in [0.717, 1.165) is 11.1 Å². The Bertz CT molecular complexity index is 598. The molecule has 0 bridgehead atoms. The Kier molecular flexibility index (Phi) is 3.15. The number of hydrogen-bond acceptors (Lipinski definition) is 1. The Morgan fingerprint density at radius 2 is 1.78 bits per heavy atom. The van der Waals surface area contributed by atoms with Gasteiger partial charge in [0.25, 0.3) is 0 Å². The first-order chi connectivity index (χ1) is 8.47. The molecule has 18 heavy (non-hydrogen) atoms. The van der Waals surface area contributed by atoms with E-state index in [4.69, 9.17) is 0 Å². The average Bonchev–Trinajstić information content (AvgIpc) is 2.27. The Morgan fingerprint density at radius 3 is 2.39 bits per heavy atom. The number of rotatable bonds is 2. The van der Waals surface area contributed by atoms with Gasteiger partial charge in [0.15, 0.2) is 0 Å². The molecule has 0 aromatic heterocycles. The molecule has 0 heterocycles. The second kappa shape index (κ2) is 4.61. The third-order valence-corrected chi connectivity index (χ3v) is 2.76. The lowest BCUT2D eigenvalue weighted by molar-refractivity contribution is 0.0697. The molecule has 0 unspecified atom stereocenters. The van der Waals surface area contributed by atoms with Crippen LogP contribution in [0.4, 0.5) is 4.39 Å². The molecule has 0 aliphatic carbocycles. The average molecular weight is 244 g/mol. The van der Waals surface area contributed by atoms with E-state index in [0.29, 0.717) is 11.1 Å². The van der Waals surface area contributed by atoms with E-state index in [-0.39, 0.29) is 11.4 Å². The van der Waals surface area contributed by atoms with Crippen molar-refractivity contribution < 1.29 is 14.3 Å². The molecule has 0 saturated heterocycles. The molecule has 92 valence electrons. The van der Waals surface area contributed by atoms with Crippen LogP contribution in [0, 0.1) is 19.7 Å². The van der Waals surface area contributed by atoms with Gasteiger partial charge in [0.2, 0.25) is 0 Å². The van der Waals surface area contributed by atoms with Crippen LogP contribution in [0.25, 0.3) is 11.1 Å². The van der Waals surface area contributed by atoms with Crippen LogP contribution in [0.15, 0.2) is 36.4 Å². The zero-order valence-electron chi connectivity index (χ0n) is 10.2. The van der Waals surface area contributed by atoms with E-state index in [1.54, 1.807) is 25.1 Å². The molecule has 1 N–H and O–H groups in total. The minimum Gasteiger partial charge on any atom is -0.478 e. The van der Waals surface area contributed by atoms with Crippen molar-refractivity contribution in [3.8, 4) is 11.1 Å². The number of aryl methyl sites for hydroxylation is 2. The van der Waals surface area contributed by atoms with Gasteiger partial charge in [-0.05, 0) is 48.7 Å². The van der Waals surface area contributed by atoms with Crippen LogP contribution in [0.1, 0.15) is 21.5 Å². The largest absolute Gasteiger partial charge is 0.478 e. The number of carboxylic acid groups (broad SMARTS) is 1. The predicted molar refractivity (Wildman–Crippen MR) is 68.3 cm³/mol. The normalized spacial score (nSPS) is 10.4. The van der Waals surface area contributed by atoms with Gasteiger partial charge >= 0.3 is 5.97 Å². The minimum absolute atomic E-state index is 0.194. The number of carbonyl (C=O) groups is 1. The predicted octanol–water partition coefficient (Wildman–Crippen LogP) is 3.81. The van der Waals surface area contributed by atoms with Crippen molar-refractivity contribution in [3.63, 3.8) is 0 Å². The van der Waals surface area contributed by atoms with E-state index in [1.807, 2.05) is 13.0 Å². The smallest absolute Gasteiger partial charge is 0.336 e. The van der Waals surface area contributed by atoms with E-state index in [1.165, 1.54) is 12.1 Å². The van der Waals surface area contributed by atoms with Gasteiger partial charge in [-0.3, -0.25) is 0 Å². The molecular formula is C15H13FO2. The highest BCUT2D eigenvalue weighted by molar-refractivity contribution is 5.96. The van der Waals surface area contributed by atoms with Crippen LogP contribution in [0.2, 0.25) is 0 Å². The molecule has 2 aromatic rings. The van der Waals surface area contributed by atoms with Crippen LogP contribution in [0.5, 0.6) is 0 Å². The summed E-state index contributed by atoms with van der Waals surface area (Å²) in [6.45, 7) is 3.61. The third-order valence-electron chi connectivity index (χ3n) is 2.76. The molecule has 2 nitrogen and oxygen atoms in total. The first-order valence-electron chi connectivity index (χ1n) is 5.59. The number of hydrogen-bond donors (Lipinski definition) is 1. The Balaban J connectivity index is 2.66. The summed E-state index contributed by atoms with van der Waals surface area (Å²) in [5.41, 5.74) is 2.95. The molecule has 2 aromatic carbocycles. The van der Waals surface area contributed by atoms with Gasteiger partial charge in [0, 0.05) is 0 Å². The van der Waals surface area contributed by atoms with Crippen LogP contribution in [0.3, 0.4) is 0 Å². The molecular weight excluding hydrogens is 231 g/mol. The van der Waals surface area contributed by atoms with Gasteiger partial charge in [0.1, 0.15) is 5.82 Å². The van der Waals surface area contributed by atoms with Gasteiger partial charge in [-0.25, -0.2) is 9.18 Å². The first kappa shape index (κ1) is 12.3. The maximum absolute atomic E-state index is 13.4. The summed E-state index contributed by atoms with van der Waals surface area (Å²) in [6.07, 6.45) is 0.